The van der Waals surface area contributed by atoms with E-state index in [0.29, 0.717) is 0 Å². The highest BCUT2D eigenvalue weighted by molar-refractivity contribution is 7.02. The summed E-state index contributed by atoms with van der Waals surface area (Å²) in [7, 11) is -2.03. The van der Waals surface area contributed by atoms with Crippen LogP contribution < -0.4 is 34.8 Å². The molecule has 0 bridgehead atoms. The highest BCUT2D eigenvalue weighted by Gasteiger charge is 2.48. The second kappa shape index (κ2) is 10.8. The van der Waals surface area contributed by atoms with E-state index < -0.39 is 8.07 Å². The molecule has 0 saturated heterocycles. The zero-order valence-electron chi connectivity index (χ0n) is 28.7. The van der Waals surface area contributed by atoms with Crippen molar-refractivity contribution in [3.05, 3.63) is 164 Å². The van der Waals surface area contributed by atoms with Crippen LogP contribution in [-0.2, 0) is 0 Å². The van der Waals surface area contributed by atoms with Gasteiger partial charge in [-0.3, -0.25) is 9.13 Å². The van der Waals surface area contributed by atoms with E-state index in [9.17, 15) is 0 Å². The monoisotopic (exact) mass is 685 g/mol. The van der Waals surface area contributed by atoms with Crippen LogP contribution in [0.5, 0.6) is 11.5 Å². The molecule has 0 amide bonds. The third-order valence-corrected chi connectivity index (χ3v) is 14.5. The molecule has 5 heterocycles. The summed E-state index contributed by atoms with van der Waals surface area (Å²) in [5, 5.41) is 2.79. The summed E-state index contributed by atoms with van der Waals surface area (Å²) in [6, 6.07) is 53.8. The first-order valence-electron chi connectivity index (χ1n) is 17.8. The van der Waals surface area contributed by atoms with Crippen molar-refractivity contribution in [2.24, 2.45) is 0 Å². The molecule has 0 atom stereocenters. The molecule has 3 aliphatic rings. The van der Waals surface area contributed by atoms with E-state index in [-0.39, 0.29) is 6.98 Å². The lowest BCUT2D eigenvalue weighted by atomic mass is 9.59. The SMILES string of the molecule is C[Si]1(C)c2ccc(Oc3ccc4c(c3)N3B(c5ccccc5-4)N(c4ccccc4)c4cccnc43)cc2-n2[c-][n+](-c3ccccc3)c3cccc1c32. The van der Waals surface area contributed by atoms with Gasteiger partial charge in [-0.25, -0.2) is 4.98 Å². The van der Waals surface area contributed by atoms with E-state index >= 15 is 0 Å². The van der Waals surface area contributed by atoms with Crippen LogP contribution in [0.4, 0.5) is 22.9 Å². The molecule has 2 aromatic heterocycles. The number of anilines is 4. The van der Waals surface area contributed by atoms with E-state index in [0.717, 1.165) is 56.8 Å². The number of hydrogen-bond acceptors (Lipinski definition) is 4. The van der Waals surface area contributed by atoms with Crippen LogP contribution in [0.25, 0.3) is 33.5 Å². The van der Waals surface area contributed by atoms with Crippen LogP contribution in [0, 0.1) is 6.33 Å². The molecule has 0 N–H and O–H groups in total. The van der Waals surface area contributed by atoms with Crippen molar-refractivity contribution >= 4 is 64.8 Å². The number of ether oxygens (including phenoxy) is 1. The topological polar surface area (TPSA) is 37.4 Å². The van der Waals surface area contributed by atoms with Gasteiger partial charge in [-0.15, -0.1) is 0 Å². The lowest BCUT2D eigenvalue weighted by Gasteiger charge is -2.36. The van der Waals surface area contributed by atoms with Gasteiger partial charge >= 0.3 is 6.98 Å². The summed E-state index contributed by atoms with van der Waals surface area (Å²) >= 11 is 0. The predicted molar refractivity (Wildman–Crippen MR) is 213 cm³/mol. The minimum atomic E-state index is -2.03. The second-order valence-electron chi connectivity index (χ2n) is 14.2. The smallest absolute Gasteiger partial charge is 0.422 e. The third kappa shape index (κ3) is 4.07. The maximum absolute atomic E-state index is 6.81. The molecular weight excluding hydrogens is 653 g/mol. The number of benzene rings is 6. The van der Waals surface area contributed by atoms with E-state index in [1.54, 1.807) is 0 Å². The molecule has 8 heteroatoms. The number of nitrogens with zero attached hydrogens (tertiary/aromatic N) is 5. The Morgan fingerprint density at radius 3 is 2.23 bits per heavy atom. The van der Waals surface area contributed by atoms with E-state index in [1.807, 2.05) is 12.3 Å². The lowest BCUT2D eigenvalue weighted by Crippen LogP contribution is -2.57. The van der Waals surface area contributed by atoms with Gasteiger partial charge in [0.05, 0.1) is 28.1 Å². The predicted octanol–water partition coefficient (Wildman–Crippen LogP) is 7.70. The first-order chi connectivity index (χ1) is 25.6. The number of imidazole rings is 1. The minimum Gasteiger partial charge on any atom is -0.458 e. The van der Waals surface area contributed by atoms with Crippen molar-refractivity contribution in [2.45, 2.75) is 13.1 Å². The molecule has 6 aromatic carbocycles. The van der Waals surface area contributed by atoms with Crippen molar-refractivity contribution in [3.63, 3.8) is 0 Å². The highest BCUT2D eigenvalue weighted by atomic mass is 28.3. The maximum Gasteiger partial charge on any atom is 0.422 e. The summed E-state index contributed by atoms with van der Waals surface area (Å²) < 4.78 is 11.2. The maximum atomic E-state index is 6.81. The summed E-state index contributed by atoms with van der Waals surface area (Å²) in [6.07, 6.45) is 5.60. The Bertz CT molecular complexity index is 2730. The number of para-hydroxylation sites is 3. The van der Waals surface area contributed by atoms with Crippen molar-refractivity contribution in [1.82, 2.24) is 9.55 Å². The van der Waals surface area contributed by atoms with Crippen molar-refractivity contribution in [3.8, 4) is 34.0 Å². The molecular formula is C44H32BN5OSi. The van der Waals surface area contributed by atoms with Crippen molar-refractivity contribution in [2.75, 3.05) is 9.62 Å². The molecule has 3 aliphatic heterocycles. The summed E-state index contributed by atoms with van der Waals surface area (Å²) in [5.74, 6) is 2.51. The van der Waals surface area contributed by atoms with Gasteiger partial charge in [0.1, 0.15) is 25.4 Å². The zero-order chi connectivity index (χ0) is 34.6. The van der Waals surface area contributed by atoms with Gasteiger partial charge in [0, 0.05) is 29.2 Å². The van der Waals surface area contributed by atoms with Crippen LogP contribution in [0.2, 0.25) is 13.1 Å². The van der Waals surface area contributed by atoms with Gasteiger partial charge < -0.3 is 14.4 Å². The van der Waals surface area contributed by atoms with Crippen LogP contribution in [0.3, 0.4) is 0 Å². The first kappa shape index (κ1) is 29.4. The Balaban J connectivity index is 1.04. The Morgan fingerprint density at radius 1 is 0.635 bits per heavy atom. The van der Waals surface area contributed by atoms with Crippen LogP contribution in [0.1, 0.15) is 0 Å². The first-order valence-corrected chi connectivity index (χ1v) is 20.8. The normalized spacial score (nSPS) is 14.4. The average molecular weight is 686 g/mol. The number of aromatic nitrogens is 3. The van der Waals surface area contributed by atoms with E-state index in [1.165, 1.54) is 26.9 Å². The van der Waals surface area contributed by atoms with Gasteiger partial charge in [-0.2, -0.15) is 0 Å². The minimum absolute atomic E-state index is 0.0924. The lowest BCUT2D eigenvalue weighted by molar-refractivity contribution is -0.572. The molecule has 0 saturated carbocycles. The van der Waals surface area contributed by atoms with Gasteiger partial charge in [-0.05, 0) is 82.1 Å². The van der Waals surface area contributed by atoms with Crippen LogP contribution >= 0.6 is 0 Å². The number of fused-ring (bicyclic) bond motifs is 10. The molecule has 8 aromatic rings. The molecule has 246 valence electrons. The van der Waals surface area contributed by atoms with Gasteiger partial charge in [-0.1, -0.05) is 98.0 Å². The van der Waals surface area contributed by atoms with Gasteiger partial charge in [0.15, 0.2) is 0 Å². The van der Waals surface area contributed by atoms with E-state index in [2.05, 4.69) is 184 Å². The molecule has 0 aliphatic carbocycles. The number of rotatable bonds is 4. The van der Waals surface area contributed by atoms with Gasteiger partial charge in [0.25, 0.3) is 6.33 Å². The highest BCUT2D eigenvalue weighted by Crippen LogP contribution is 2.50. The van der Waals surface area contributed by atoms with Crippen molar-refractivity contribution in [1.29, 1.82) is 0 Å². The molecule has 11 rings (SSSR count). The Morgan fingerprint density at radius 2 is 1.38 bits per heavy atom. The van der Waals surface area contributed by atoms with Gasteiger partial charge in [0.2, 0.25) is 0 Å². The third-order valence-electron chi connectivity index (χ3n) is 11.0. The molecule has 52 heavy (non-hydrogen) atoms. The molecule has 6 nitrogen and oxygen atoms in total. The fourth-order valence-electron chi connectivity index (χ4n) is 8.66. The largest absolute Gasteiger partial charge is 0.458 e. The summed E-state index contributed by atoms with van der Waals surface area (Å²) in [5.41, 5.74) is 11.5. The number of pyridine rings is 1. The fraction of sp³-hybridized carbons (Fsp3) is 0.0455. The quantitative estimate of drug-likeness (QED) is 0.108. The summed E-state index contributed by atoms with van der Waals surface area (Å²) in [6.45, 7) is 4.80. The molecule has 0 spiro atoms. The molecule has 0 unspecified atom stereocenters. The fourth-order valence-corrected chi connectivity index (χ4v) is 11.6. The summed E-state index contributed by atoms with van der Waals surface area (Å²) in [4.78, 5) is 9.74. The molecule has 0 fully saturated rings. The Hall–Kier alpha value is -6.38. The van der Waals surface area contributed by atoms with E-state index in [4.69, 9.17) is 9.72 Å². The average Bonchev–Trinajstić information content (AvgIpc) is 3.76. The standard InChI is InChI=1S/C44H32BN5OSi/c1-52(2)41-25-23-33(28-40(41)48-29-47(30-13-5-3-6-14-30)37-19-11-21-42(52)43(37)48)51-32-22-24-35-34-17-9-10-18-36(34)45-49(31-15-7-4-8-16-31)38-20-12-26-46-44(38)50(45)39(35)27-32/h3-28H,1-2H3. The Labute approximate surface area is 303 Å². The molecule has 0 radical (unpaired) electrons. The number of hydrogen-bond donors (Lipinski definition) is 0. The van der Waals surface area contributed by atoms with Crippen molar-refractivity contribution < 1.29 is 9.30 Å². The van der Waals surface area contributed by atoms with Crippen LogP contribution in [0.15, 0.2) is 158 Å². The second-order valence-corrected chi connectivity index (χ2v) is 18.6. The Kier molecular flexibility index (Phi) is 6.10. The van der Waals surface area contributed by atoms with Crippen LogP contribution in [-0.4, -0.2) is 24.6 Å². The zero-order valence-corrected chi connectivity index (χ0v) is 29.7.